The van der Waals surface area contributed by atoms with Gasteiger partial charge in [0.2, 0.25) is 0 Å². The van der Waals surface area contributed by atoms with Gasteiger partial charge in [0.1, 0.15) is 11.2 Å². The fraction of sp³-hybridized carbons (Fsp3) is 0. The molecule has 0 radical (unpaired) electrons. The maximum Gasteiger partial charge on any atom is 0.135 e. The van der Waals surface area contributed by atoms with Crippen molar-refractivity contribution in [2.24, 2.45) is 0 Å². The topological polar surface area (TPSA) is 16.4 Å². The van der Waals surface area contributed by atoms with Crippen molar-refractivity contribution < 1.29 is 4.42 Å². The van der Waals surface area contributed by atoms with Crippen LogP contribution in [0.5, 0.6) is 0 Å². The Morgan fingerprint density at radius 2 is 0.846 bits per heavy atom. The van der Waals surface area contributed by atoms with Crippen molar-refractivity contribution in [2.45, 2.75) is 0 Å². The van der Waals surface area contributed by atoms with E-state index in [0.29, 0.717) is 0 Å². The summed E-state index contributed by atoms with van der Waals surface area (Å²) in [5.41, 5.74) is 12.0. The summed E-state index contributed by atoms with van der Waals surface area (Å²) in [5, 5.41) is 7.16. The van der Waals surface area contributed by atoms with Gasteiger partial charge in [0.05, 0.1) is 5.69 Å². The summed E-state index contributed by atoms with van der Waals surface area (Å²) in [7, 11) is 0. The maximum atomic E-state index is 6.28. The Morgan fingerprint density at radius 1 is 0.308 bits per heavy atom. The van der Waals surface area contributed by atoms with Gasteiger partial charge in [-0.3, -0.25) is 0 Å². The second-order valence-corrected chi connectivity index (χ2v) is 13.4. The lowest BCUT2D eigenvalue weighted by atomic mass is 9.95. The van der Waals surface area contributed by atoms with Crippen LogP contribution >= 0.6 is 0 Å². The summed E-state index contributed by atoms with van der Waals surface area (Å²) in [6.45, 7) is 0. The Hall–Kier alpha value is -6.90. The summed E-state index contributed by atoms with van der Waals surface area (Å²) in [6, 6.07) is 71.9. The van der Waals surface area contributed by atoms with E-state index in [1.807, 2.05) is 12.1 Å². The van der Waals surface area contributed by atoms with Crippen LogP contribution < -0.4 is 4.90 Å². The fourth-order valence-electron chi connectivity index (χ4n) is 7.58. The highest BCUT2D eigenvalue weighted by molar-refractivity contribution is 6.07. The molecule has 0 unspecified atom stereocenters. The van der Waals surface area contributed by atoms with E-state index in [1.165, 1.54) is 38.2 Å². The lowest BCUT2D eigenvalue weighted by Crippen LogP contribution is -2.11. The molecule has 0 atom stereocenters. The lowest BCUT2D eigenvalue weighted by Gasteiger charge is -2.29. The SMILES string of the molecule is c1ccc(-c2ccc(-c3ccc4ccccc4c3)cc2N(c2ccc(-c3ccc4ccccc4c3)cc2)c2ccc3oc4ccccc4c3c2)cc1. The standard InChI is InChI=1S/C50H33NO/c1-2-12-37(13-3-1)45-28-24-42(41-21-19-35-11-5-7-15-39(35)31-41)32-48(45)51(44-27-29-50-47(33-44)46-16-8-9-17-49(46)52-50)43-25-22-36(23-26-43)40-20-18-34-10-4-6-14-38(34)30-40/h1-33H. The number of para-hydroxylation sites is 1. The van der Waals surface area contributed by atoms with Gasteiger partial charge in [-0.1, -0.05) is 146 Å². The number of fused-ring (bicyclic) bond motifs is 5. The minimum Gasteiger partial charge on any atom is -0.456 e. The molecule has 2 nitrogen and oxygen atoms in total. The molecule has 0 aliphatic carbocycles. The normalized spacial score (nSPS) is 11.5. The first kappa shape index (κ1) is 30.0. The molecule has 52 heavy (non-hydrogen) atoms. The van der Waals surface area contributed by atoms with Gasteiger partial charge in [0, 0.05) is 27.7 Å². The third-order valence-corrected chi connectivity index (χ3v) is 10.2. The van der Waals surface area contributed by atoms with Crippen molar-refractivity contribution in [1.29, 1.82) is 0 Å². The third kappa shape index (κ3) is 5.30. The zero-order valence-corrected chi connectivity index (χ0v) is 28.4. The molecule has 10 rings (SSSR count). The number of hydrogen-bond acceptors (Lipinski definition) is 2. The molecule has 0 N–H and O–H groups in total. The Balaban J connectivity index is 1.19. The minimum atomic E-state index is 0.879. The summed E-state index contributed by atoms with van der Waals surface area (Å²) < 4.78 is 6.28. The van der Waals surface area contributed by atoms with Crippen molar-refractivity contribution in [3.8, 4) is 33.4 Å². The molecule has 0 bridgehead atoms. The van der Waals surface area contributed by atoms with Crippen molar-refractivity contribution in [1.82, 2.24) is 0 Å². The predicted molar refractivity (Wildman–Crippen MR) is 220 cm³/mol. The summed E-state index contributed by atoms with van der Waals surface area (Å²) in [4.78, 5) is 2.40. The van der Waals surface area contributed by atoms with E-state index in [0.717, 1.165) is 55.7 Å². The average molecular weight is 664 g/mol. The first-order valence-electron chi connectivity index (χ1n) is 17.7. The third-order valence-electron chi connectivity index (χ3n) is 10.2. The average Bonchev–Trinajstić information content (AvgIpc) is 3.59. The van der Waals surface area contributed by atoms with Gasteiger partial charge in [-0.05, 0) is 104 Å². The molecule has 1 aromatic heterocycles. The number of nitrogens with zero attached hydrogens (tertiary/aromatic N) is 1. The van der Waals surface area contributed by atoms with Gasteiger partial charge in [-0.2, -0.15) is 0 Å². The van der Waals surface area contributed by atoms with Crippen LogP contribution in [-0.2, 0) is 0 Å². The highest BCUT2D eigenvalue weighted by atomic mass is 16.3. The fourth-order valence-corrected chi connectivity index (χ4v) is 7.58. The van der Waals surface area contributed by atoms with Gasteiger partial charge in [-0.15, -0.1) is 0 Å². The first-order chi connectivity index (χ1) is 25.7. The second-order valence-electron chi connectivity index (χ2n) is 13.4. The monoisotopic (exact) mass is 663 g/mol. The zero-order valence-electron chi connectivity index (χ0n) is 28.4. The van der Waals surface area contributed by atoms with Crippen molar-refractivity contribution in [3.05, 3.63) is 200 Å². The quantitative estimate of drug-likeness (QED) is 0.176. The molecule has 0 amide bonds. The first-order valence-corrected chi connectivity index (χ1v) is 17.7. The van der Waals surface area contributed by atoms with Gasteiger partial charge >= 0.3 is 0 Å². The van der Waals surface area contributed by atoms with Crippen LogP contribution in [-0.4, -0.2) is 0 Å². The summed E-state index contributed by atoms with van der Waals surface area (Å²) in [5.74, 6) is 0. The molecular weight excluding hydrogens is 631 g/mol. The smallest absolute Gasteiger partial charge is 0.135 e. The highest BCUT2D eigenvalue weighted by Gasteiger charge is 2.20. The lowest BCUT2D eigenvalue weighted by molar-refractivity contribution is 0.669. The Bertz CT molecular complexity index is 2900. The number of rotatable bonds is 6. The van der Waals surface area contributed by atoms with Crippen LogP contribution in [0.4, 0.5) is 17.1 Å². The molecule has 244 valence electrons. The molecule has 0 saturated carbocycles. The van der Waals surface area contributed by atoms with E-state index >= 15 is 0 Å². The number of furan rings is 1. The van der Waals surface area contributed by atoms with Crippen LogP contribution in [0.25, 0.3) is 76.9 Å². The maximum absolute atomic E-state index is 6.28. The highest BCUT2D eigenvalue weighted by Crippen LogP contribution is 2.45. The van der Waals surface area contributed by atoms with Gasteiger partial charge in [0.25, 0.3) is 0 Å². The van der Waals surface area contributed by atoms with Crippen molar-refractivity contribution in [2.75, 3.05) is 4.90 Å². The van der Waals surface area contributed by atoms with Crippen LogP contribution in [0.3, 0.4) is 0 Å². The molecule has 2 heteroatoms. The Kier molecular flexibility index (Phi) is 7.18. The zero-order chi connectivity index (χ0) is 34.4. The van der Waals surface area contributed by atoms with Gasteiger partial charge < -0.3 is 9.32 Å². The van der Waals surface area contributed by atoms with E-state index in [-0.39, 0.29) is 0 Å². The molecule has 0 saturated heterocycles. The van der Waals surface area contributed by atoms with Crippen LogP contribution in [0, 0.1) is 0 Å². The Labute approximate surface area is 302 Å². The van der Waals surface area contributed by atoms with Gasteiger partial charge in [-0.25, -0.2) is 0 Å². The molecule has 0 aliphatic heterocycles. The minimum absolute atomic E-state index is 0.879. The molecule has 0 fully saturated rings. The predicted octanol–water partition coefficient (Wildman–Crippen LogP) is 14.4. The Morgan fingerprint density at radius 3 is 1.58 bits per heavy atom. The molecule has 0 spiro atoms. The number of benzene rings is 9. The van der Waals surface area contributed by atoms with E-state index in [4.69, 9.17) is 4.42 Å². The number of hydrogen-bond donors (Lipinski definition) is 0. The largest absolute Gasteiger partial charge is 0.456 e. The van der Waals surface area contributed by atoms with Crippen molar-refractivity contribution in [3.63, 3.8) is 0 Å². The molecular formula is C50H33NO. The summed E-state index contributed by atoms with van der Waals surface area (Å²) in [6.07, 6.45) is 0. The molecule has 9 aromatic carbocycles. The number of anilines is 3. The molecule has 0 aliphatic rings. The molecule has 10 aromatic rings. The molecule has 1 heterocycles. The van der Waals surface area contributed by atoms with E-state index in [1.54, 1.807) is 0 Å². The summed E-state index contributed by atoms with van der Waals surface area (Å²) >= 11 is 0. The second kappa shape index (κ2) is 12.5. The van der Waals surface area contributed by atoms with E-state index < -0.39 is 0 Å². The van der Waals surface area contributed by atoms with Crippen LogP contribution in [0.2, 0.25) is 0 Å². The van der Waals surface area contributed by atoms with Crippen molar-refractivity contribution >= 4 is 60.5 Å². The van der Waals surface area contributed by atoms with Gasteiger partial charge in [0.15, 0.2) is 0 Å². The van der Waals surface area contributed by atoms with E-state index in [9.17, 15) is 0 Å². The van der Waals surface area contributed by atoms with E-state index in [2.05, 4.69) is 193 Å². The van der Waals surface area contributed by atoms with Crippen LogP contribution in [0.15, 0.2) is 205 Å². The van der Waals surface area contributed by atoms with Crippen LogP contribution in [0.1, 0.15) is 0 Å².